The molecular formula is C10H20N2O2. The summed E-state index contributed by atoms with van der Waals surface area (Å²) in [7, 11) is 0. The van der Waals surface area contributed by atoms with Gasteiger partial charge in [0.1, 0.15) is 0 Å². The highest BCUT2D eigenvalue weighted by Crippen LogP contribution is 2.06. The monoisotopic (exact) mass is 200 g/mol. The van der Waals surface area contributed by atoms with Crippen LogP contribution in [-0.2, 0) is 9.53 Å². The van der Waals surface area contributed by atoms with E-state index in [0.717, 1.165) is 19.4 Å². The Bertz CT molecular complexity index is 189. The zero-order chi connectivity index (χ0) is 10.6. The molecule has 1 rings (SSSR count). The molecular weight excluding hydrogens is 180 g/mol. The first-order valence-electron chi connectivity index (χ1n) is 5.23. The van der Waals surface area contributed by atoms with E-state index in [-0.39, 0.29) is 18.0 Å². The molecule has 1 heterocycles. The van der Waals surface area contributed by atoms with Crippen molar-refractivity contribution in [2.45, 2.75) is 38.8 Å². The van der Waals surface area contributed by atoms with Crippen molar-refractivity contribution in [3.8, 4) is 0 Å². The SMILES string of the molecule is CC(C)C[C@H](N)C(=O)N[C@H]1CCOC1. The minimum absolute atomic E-state index is 0.0470. The lowest BCUT2D eigenvalue weighted by Gasteiger charge is -2.16. The van der Waals surface area contributed by atoms with Crippen molar-refractivity contribution >= 4 is 5.91 Å². The molecule has 0 aromatic heterocycles. The molecule has 0 aromatic carbocycles. The minimum atomic E-state index is -0.379. The normalized spacial score (nSPS) is 23.9. The van der Waals surface area contributed by atoms with Gasteiger partial charge in [0.05, 0.1) is 18.7 Å². The molecule has 14 heavy (non-hydrogen) atoms. The second-order valence-corrected chi connectivity index (χ2v) is 4.31. The molecule has 4 nitrogen and oxygen atoms in total. The quantitative estimate of drug-likeness (QED) is 0.684. The average molecular weight is 200 g/mol. The fourth-order valence-electron chi connectivity index (χ4n) is 1.57. The van der Waals surface area contributed by atoms with Gasteiger partial charge in [-0.3, -0.25) is 4.79 Å². The molecule has 3 N–H and O–H groups in total. The van der Waals surface area contributed by atoms with E-state index in [0.29, 0.717) is 12.5 Å². The largest absolute Gasteiger partial charge is 0.379 e. The number of carbonyl (C=O) groups is 1. The summed E-state index contributed by atoms with van der Waals surface area (Å²) in [6, 6.07) is -0.212. The maximum absolute atomic E-state index is 11.5. The molecule has 0 spiro atoms. The fraction of sp³-hybridized carbons (Fsp3) is 0.900. The lowest BCUT2D eigenvalue weighted by Crippen LogP contribution is -2.46. The summed E-state index contributed by atoms with van der Waals surface area (Å²) in [5, 5.41) is 2.90. The summed E-state index contributed by atoms with van der Waals surface area (Å²) >= 11 is 0. The first-order chi connectivity index (χ1) is 6.59. The van der Waals surface area contributed by atoms with Crippen molar-refractivity contribution < 1.29 is 9.53 Å². The van der Waals surface area contributed by atoms with E-state index in [4.69, 9.17) is 10.5 Å². The molecule has 0 radical (unpaired) electrons. The molecule has 0 bridgehead atoms. The van der Waals surface area contributed by atoms with Crippen molar-refractivity contribution in [3.05, 3.63) is 0 Å². The van der Waals surface area contributed by atoms with Gasteiger partial charge in [-0.25, -0.2) is 0 Å². The molecule has 4 heteroatoms. The third-order valence-corrected chi connectivity index (χ3v) is 2.34. The zero-order valence-electron chi connectivity index (χ0n) is 8.95. The van der Waals surface area contributed by atoms with Crippen LogP contribution < -0.4 is 11.1 Å². The molecule has 2 atom stereocenters. The molecule has 1 fully saturated rings. The number of hydrogen-bond acceptors (Lipinski definition) is 3. The highest BCUT2D eigenvalue weighted by atomic mass is 16.5. The van der Waals surface area contributed by atoms with Gasteiger partial charge in [-0.2, -0.15) is 0 Å². The van der Waals surface area contributed by atoms with Crippen molar-refractivity contribution in [3.63, 3.8) is 0 Å². The third-order valence-electron chi connectivity index (χ3n) is 2.34. The van der Waals surface area contributed by atoms with Gasteiger partial charge < -0.3 is 15.8 Å². The Hall–Kier alpha value is -0.610. The van der Waals surface area contributed by atoms with Gasteiger partial charge >= 0.3 is 0 Å². The van der Waals surface area contributed by atoms with Crippen molar-refractivity contribution in [2.75, 3.05) is 13.2 Å². The van der Waals surface area contributed by atoms with Crippen molar-refractivity contribution in [1.82, 2.24) is 5.32 Å². The first-order valence-corrected chi connectivity index (χ1v) is 5.23. The highest BCUT2D eigenvalue weighted by molar-refractivity contribution is 5.81. The summed E-state index contributed by atoms with van der Waals surface area (Å²) in [5.41, 5.74) is 5.74. The molecule has 0 aromatic rings. The van der Waals surface area contributed by atoms with Gasteiger partial charge in [-0.15, -0.1) is 0 Å². The van der Waals surface area contributed by atoms with Crippen molar-refractivity contribution in [1.29, 1.82) is 0 Å². The first kappa shape index (κ1) is 11.5. The number of nitrogens with two attached hydrogens (primary N) is 1. The Balaban J connectivity index is 2.25. The third kappa shape index (κ3) is 3.64. The van der Waals surface area contributed by atoms with Gasteiger partial charge in [0, 0.05) is 6.61 Å². The lowest BCUT2D eigenvalue weighted by atomic mass is 10.0. The summed E-state index contributed by atoms with van der Waals surface area (Å²) in [5.74, 6) is 0.407. The van der Waals surface area contributed by atoms with Crippen LogP contribution in [0.15, 0.2) is 0 Å². The smallest absolute Gasteiger partial charge is 0.237 e. The number of ether oxygens (including phenoxy) is 1. The molecule has 82 valence electrons. The maximum Gasteiger partial charge on any atom is 0.237 e. The van der Waals surface area contributed by atoms with E-state index in [2.05, 4.69) is 19.2 Å². The van der Waals surface area contributed by atoms with Gasteiger partial charge in [-0.05, 0) is 18.8 Å². The zero-order valence-corrected chi connectivity index (χ0v) is 8.95. The molecule has 1 aliphatic heterocycles. The number of rotatable bonds is 4. The predicted octanol–water partition coefficient (Wildman–Crippen LogP) is 0.265. The van der Waals surface area contributed by atoms with Crippen LogP contribution >= 0.6 is 0 Å². The number of amides is 1. The maximum atomic E-state index is 11.5. The van der Waals surface area contributed by atoms with Crippen LogP contribution in [0.1, 0.15) is 26.7 Å². The van der Waals surface area contributed by atoms with Crippen LogP contribution in [0.2, 0.25) is 0 Å². The van der Waals surface area contributed by atoms with E-state index in [1.807, 2.05) is 0 Å². The summed E-state index contributed by atoms with van der Waals surface area (Å²) in [6.07, 6.45) is 1.64. The van der Waals surface area contributed by atoms with E-state index in [1.165, 1.54) is 0 Å². The summed E-state index contributed by atoms with van der Waals surface area (Å²) < 4.78 is 5.16. The molecule has 1 aliphatic rings. The van der Waals surface area contributed by atoms with E-state index >= 15 is 0 Å². The van der Waals surface area contributed by atoms with Crippen LogP contribution in [0.3, 0.4) is 0 Å². The van der Waals surface area contributed by atoms with Crippen LogP contribution in [0.4, 0.5) is 0 Å². The standard InChI is InChI=1S/C10H20N2O2/c1-7(2)5-9(11)10(13)12-8-3-4-14-6-8/h7-9H,3-6,11H2,1-2H3,(H,12,13)/t8-,9-/m0/s1. The summed E-state index contributed by atoms with van der Waals surface area (Å²) in [6.45, 7) is 5.49. The van der Waals surface area contributed by atoms with Gasteiger partial charge in [0.25, 0.3) is 0 Å². The topological polar surface area (TPSA) is 64.4 Å². The van der Waals surface area contributed by atoms with Gasteiger partial charge in [0.2, 0.25) is 5.91 Å². The minimum Gasteiger partial charge on any atom is -0.379 e. The fourth-order valence-corrected chi connectivity index (χ4v) is 1.57. The Morgan fingerprint density at radius 2 is 2.36 bits per heavy atom. The second-order valence-electron chi connectivity index (χ2n) is 4.31. The van der Waals surface area contributed by atoms with Crippen LogP contribution in [0.5, 0.6) is 0 Å². The molecule has 0 aliphatic carbocycles. The van der Waals surface area contributed by atoms with Gasteiger partial charge in [0.15, 0.2) is 0 Å². The van der Waals surface area contributed by atoms with E-state index in [1.54, 1.807) is 0 Å². The number of carbonyl (C=O) groups excluding carboxylic acids is 1. The Morgan fingerprint density at radius 3 is 2.86 bits per heavy atom. The lowest BCUT2D eigenvalue weighted by molar-refractivity contribution is -0.123. The van der Waals surface area contributed by atoms with Crippen LogP contribution in [0.25, 0.3) is 0 Å². The van der Waals surface area contributed by atoms with E-state index in [9.17, 15) is 4.79 Å². The second kappa shape index (κ2) is 5.32. The molecule has 0 saturated carbocycles. The highest BCUT2D eigenvalue weighted by Gasteiger charge is 2.21. The van der Waals surface area contributed by atoms with Crippen LogP contribution in [0, 0.1) is 5.92 Å². The average Bonchev–Trinajstić information content (AvgIpc) is 2.55. The number of nitrogens with one attached hydrogen (secondary N) is 1. The van der Waals surface area contributed by atoms with Crippen molar-refractivity contribution in [2.24, 2.45) is 11.7 Å². The molecule has 1 saturated heterocycles. The Kier molecular flexibility index (Phi) is 4.35. The van der Waals surface area contributed by atoms with Crippen LogP contribution in [-0.4, -0.2) is 31.2 Å². The van der Waals surface area contributed by atoms with Gasteiger partial charge in [-0.1, -0.05) is 13.8 Å². The Morgan fingerprint density at radius 1 is 1.64 bits per heavy atom. The summed E-state index contributed by atoms with van der Waals surface area (Å²) in [4.78, 5) is 11.5. The number of hydrogen-bond donors (Lipinski definition) is 2. The predicted molar refractivity (Wildman–Crippen MR) is 54.8 cm³/mol. The molecule has 0 unspecified atom stereocenters. The Labute approximate surface area is 85.2 Å². The van der Waals surface area contributed by atoms with E-state index < -0.39 is 0 Å². The molecule has 1 amide bonds.